The number of nitrogens with zero attached hydrogens (tertiary/aromatic N) is 3. The molecule has 0 radical (unpaired) electrons. The van der Waals surface area contributed by atoms with E-state index in [2.05, 4.69) is 15.6 Å². The number of piperidine rings is 1. The first kappa shape index (κ1) is 24.0. The predicted octanol–water partition coefficient (Wildman–Crippen LogP) is 3.37. The Kier molecular flexibility index (Phi) is 9.40. The molecule has 0 unspecified atom stereocenters. The van der Waals surface area contributed by atoms with Crippen LogP contribution in [0, 0.1) is 11.7 Å². The highest BCUT2D eigenvalue weighted by Gasteiger charge is 2.24. The van der Waals surface area contributed by atoms with Gasteiger partial charge in [0.1, 0.15) is 5.82 Å². The van der Waals surface area contributed by atoms with Gasteiger partial charge in [0.15, 0.2) is 5.96 Å². The smallest absolute Gasteiger partial charge is 0.225 e. The molecular formula is C23H38FN5O. The minimum absolute atomic E-state index is 0.0434. The number of nitrogens with one attached hydrogen (secondary N) is 2. The first-order chi connectivity index (χ1) is 14.4. The van der Waals surface area contributed by atoms with E-state index in [1.807, 2.05) is 56.6 Å². The average molecular weight is 420 g/mol. The monoisotopic (exact) mass is 419 g/mol. The fraction of sp³-hybridized carbons (Fsp3) is 0.652. The fourth-order valence-corrected chi connectivity index (χ4v) is 3.76. The molecule has 1 fully saturated rings. The summed E-state index contributed by atoms with van der Waals surface area (Å²) in [6, 6.07) is 5.65. The number of benzene rings is 1. The van der Waals surface area contributed by atoms with E-state index in [4.69, 9.17) is 0 Å². The van der Waals surface area contributed by atoms with Crippen LogP contribution in [-0.2, 0) is 11.3 Å². The number of carbonyl (C=O) groups excluding carboxylic acids is 1. The maximum absolute atomic E-state index is 14.5. The highest BCUT2D eigenvalue weighted by atomic mass is 19.1. The second-order valence-electron chi connectivity index (χ2n) is 8.05. The maximum atomic E-state index is 14.5. The fourth-order valence-electron chi connectivity index (χ4n) is 3.76. The summed E-state index contributed by atoms with van der Waals surface area (Å²) in [5.74, 6) is 0.803. The van der Waals surface area contributed by atoms with Gasteiger partial charge < -0.3 is 20.4 Å². The van der Waals surface area contributed by atoms with Crippen LogP contribution in [0.1, 0.15) is 53.0 Å². The number of amides is 1. The van der Waals surface area contributed by atoms with Crippen molar-refractivity contribution in [3.63, 3.8) is 0 Å². The molecule has 2 N–H and O–H groups in total. The van der Waals surface area contributed by atoms with Gasteiger partial charge in [0, 0.05) is 44.7 Å². The zero-order chi connectivity index (χ0) is 22.1. The van der Waals surface area contributed by atoms with Crippen molar-refractivity contribution in [1.82, 2.24) is 15.5 Å². The number of likely N-dealkylation sites (tertiary alicyclic amines) is 1. The Bertz CT molecular complexity index is 710. The summed E-state index contributed by atoms with van der Waals surface area (Å²) in [6.45, 7) is 14.2. The molecule has 1 aromatic carbocycles. The average Bonchev–Trinajstić information content (AvgIpc) is 2.74. The van der Waals surface area contributed by atoms with Gasteiger partial charge in [-0.3, -0.25) is 4.79 Å². The number of aliphatic imine (C=N–C) groups is 1. The first-order valence-electron chi connectivity index (χ1n) is 11.3. The standard InChI is InChI=1S/C23H38FN5O/c1-6-25-23(27-19-11-13-29(14-12-19)22(30)17(4)5)26-16-18-9-10-21(20(24)15-18)28(7-2)8-3/h9-10,15,17,19H,6-8,11-14,16H2,1-5H3,(H2,25,26,27). The molecule has 0 atom stereocenters. The molecule has 1 heterocycles. The van der Waals surface area contributed by atoms with Gasteiger partial charge in [-0.15, -0.1) is 0 Å². The summed E-state index contributed by atoms with van der Waals surface area (Å²) in [5.41, 5.74) is 1.48. The van der Waals surface area contributed by atoms with E-state index in [9.17, 15) is 9.18 Å². The van der Waals surface area contributed by atoms with Crippen LogP contribution in [0.4, 0.5) is 10.1 Å². The lowest BCUT2D eigenvalue weighted by Gasteiger charge is -2.34. The summed E-state index contributed by atoms with van der Waals surface area (Å²) in [6.07, 6.45) is 1.80. The Balaban J connectivity index is 1.96. The van der Waals surface area contributed by atoms with Crippen molar-refractivity contribution in [3.8, 4) is 0 Å². The predicted molar refractivity (Wildman–Crippen MR) is 122 cm³/mol. The molecule has 1 aliphatic heterocycles. The minimum Gasteiger partial charge on any atom is -0.370 e. The third-order valence-electron chi connectivity index (χ3n) is 5.52. The molecule has 1 aliphatic rings. The van der Waals surface area contributed by atoms with Gasteiger partial charge in [0.2, 0.25) is 5.91 Å². The summed E-state index contributed by atoms with van der Waals surface area (Å²) in [4.78, 5) is 20.8. The first-order valence-corrected chi connectivity index (χ1v) is 11.3. The zero-order valence-electron chi connectivity index (χ0n) is 19.2. The maximum Gasteiger partial charge on any atom is 0.225 e. The van der Waals surface area contributed by atoms with Crippen LogP contribution in [0.15, 0.2) is 23.2 Å². The lowest BCUT2D eigenvalue weighted by atomic mass is 10.0. The third-order valence-corrected chi connectivity index (χ3v) is 5.52. The second kappa shape index (κ2) is 11.8. The summed E-state index contributed by atoms with van der Waals surface area (Å²) in [7, 11) is 0. The SMILES string of the molecule is CCNC(=NCc1ccc(N(CC)CC)c(F)c1)NC1CCN(C(=O)C(C)C)CC1. The topological polar surface area (TPSA) is 60.0 Å². The van der Waals surface area contributed by atoms with Crippen molar-refractivity contribution in [2.45, 2.75) is 60.0 Å². The van der Waals surface area contributed by atoms with Gasteiger partial charge in [-0.05, 0) is 51.3 Å². The molecule has 2 rings (SSSR count). The number of carbonyl (C=O) groups is 1. The Hall–Kier alpha value is -2.31. The van der Waals surface area contributed by atoms with Crippen LogP contribution in [0.5, 0.6) is 0 Å². The van der Waals surface area contributed by atoms with Crippen molar-refractivity contribution in [1.29, 1.82) is 0 Å². The quantitative estimate of drug-likeness (QED) is 0.501. The molecule has 0 aromatic heterocycles. The number of halogens is 1. The van der Waals surface area contributed by atoms with Crippen molar-refractivity contribution < 1.29 is 9.18 Å². The van der Waals surface area contributed by atoms with Crippen LogP contribution in [0.2, 0.25) is 0 Å². The van der Waals surface area contributed by atoms with E-state index in [0.717, 1.165) is 57.1 Å². The van der Waals surface area contributed by atoms with E-state index in [0.29, 0.717) is 12.2 Å². The molecule has 1 saturated heterocycles. The molecule has 1 amide bonds. The molecule has 0 spiro atoms. The van der Waals surface area contributed by atoms with Crippen LogP contribution in [-0.4, -0.2) is 55.5 Å². The number of hydrogen-bond donors (Lipinski definition) is 2. The lowest BCUT2D eigenvalue weighted by molar-refractivity contribution is -0.135. The molecule has 0 bridgehead atoms. The van der Waals surface area contributed by atoms with E-state index in [-0.39, 0.29) is 23.7 Å². The molecule has 0 aliphatic carbocycles. The molecular weight excluding hydrogens is 381 g/mol. The number of hydrogen-bond acceptors (Lipinski definition) is 3. The number of guanidine groups is 1. The number of rotatable bonds is 8. The van der Waals surface area contributed by atoms with Gasteiger partial charge in [-0.1, -0.05) is 19.9 Å². The summed E-state index contributed by atoms with van der Waals surface area (Å²) >= 11 is 0. The van der Waals surface area contributed by atoms with Gasteiger partial charge in [-0.25, -0.2) is 9.38 Å². The van der Waals surface area contributed by atoms with Crippen LogP contribution in [0.25, 0.3) is 0 Å². The normalized spacial score (nSPS) is 15.4. The van der Waals surface area contributed by atoms with Gasteiger partial charge in [0.05, 0.1) is 12.2 Å². The van der Waals surface area contributed by atoms with Gasteiger partial charge in [-0.2, -0.15) is 0 Å². The van der Waals surface area contributed by atoms with Gasteiger partial charge >= 0.3 is 0 Å². The van der Waals surface area contributed by atoms with Crippen LogP contribution in [0.3, 0.4) is 0 Å². The lowest BCUT2D eigenvalue weighted by Crippen LogP contribution is -2.50. The Labute approximate surface area is 180 Å². The second-order valence-corrected chi connectivity index (χ2v) is 8.05. The Morgan fingerprint density at radius 2 is 1.90 bits per heavy atom. The Morgan fingerprint density at radius 3 is 2.43 bits per heavy atom. The molecule has 1 aromatic rings. The largest absolute Gasteiger partial charge is 0.370 e. The van der Waals surface area contributed by atoms with E-state index in [1.54, 1.807) is 6.07 Å². The van der Waals surface area contributed by atoms with E-state index < -0.39 is 0 Å². The molecule has 168 valence electrons. The molecule has 7 heteroatoms. The van der Waals surface area contributed by atoms with Crippen LogP contribution < -0.4 is 15.5 Å². The molecule has 30 heavy (non-hydrogen) atoms. The third kappa shape index (κ3) is 6.61. The van der Waals surface area contributed by atoms with Gasteiger partial charge in [0.25, 0.3) is 0 Å². The highest BCUT2D eigenvalue weighted by Crippen LogP contribution is 2.21. The van der Waals surface area contributed by atoms with E-state index in [1.165, 1.54) is 0 Å². The van der Waals surface area contributed by atoms with Crippen molar-refractivity contribution in [2.75, 3.05) is 37.6 Å². The Morgan fingerprint density at radius 1 is 1.23 bits per heavy atom. The highest BCUT2D eigenvalue weighted by molar-refractivity contribution is 5.80. The summed E-state index contributed by atoms with van der Waals surface area (Å²) in [5, 5.41) is 6.75. The summed E-state index contributed by atoms with van der Waals surface area (Å²) < 4.78 is 14.5. The number of anilines is 1. The molecule has 0 saturated carbocycles. The van der Waals surface area contributed by atoms with E-state index >= 15 is 0 Å². The van der Waals surface area contributed by atoms with Crippen molar-refractivity contribution in [2.24, 2.45) is 10.9 Å². The zero-order valence-corrected chi connectivity index (χ0v) is 19.2. The van der Waals surface area contributed by atoms with Crippen molar-refractivity contribution in [3.05, 3.63) is 29.6 Å². The minimum atomic E-state index is -0.202. The van der Waals surface area contributed by atoms with Crippen molar-refractivity contribution >= 4 is 17.6 Å². The molecule has 6 nitrogen and oxygen atoms in total. The van der Waals surface area contributed by atoms with Crippen LogP contribution >= 0.6 is 0 Å².